The number of benzene rings is 1. The van der Waals surface area contributed by atoms with Crippen molar-refractivity contribution < 1.29 is 12.8 Å². The Morgan fingerprint density at radius 3 is 2.71 bits per heavy atom. The van der Waals surface area contributed by atoms with E-state index in [9.17, 15) is 12.8 Å². The maximum atomic E-state index is 13.2. The van der Waals surface area contributed by atoms with Crippen molar-refractivity contribution in [1.29, 1.82) is 0 Å². The molecule has 0 spiro atoms. The molecule has 4 nitrogen and oxygen atoms in total. The summed E-state index contributed by atoms with van der Waals surface area (Å²) in [6.07, 6.45) is 2.87. The number of imidazole rings is 1. The average Bonchev–Trinajstić information content (AvgIpc) is 2.78. The van der Waals surface area contributed by atoms with Gasteiger partial charge in [0.15, 0.2) is 5.03 Å². The van der Waals surface area contributed by atoms with Crippen molar-refractivity contribution in [2.24, 2.45) is 0 Å². The van der Waals surface area contributed by atoms with Crippen molar-refractivity contribution in [3.63, 3.8) is 0 Å². The Bertz CT molecular complexity index is 762. The van der Waals surface area contributed by atoms with Gasteiger partial charge in [0.1, 0.15) is 11.6 Å². The second kappa shape index (κ2) is 6.46. The summed E-state index contributed by atoms with van der Waals surface area (Å²) in [5, 5.41) is -0.159. The summed E-state index contributed by atoms with van der Waals surface area (Å²) in [6.45, 7) is 2.37. The molecule has 0 radical (unpaired) electrons. The largest absolute Gasteiger partial charge is 0.329 e. The number of hydrogen-bond acceptors (Lipinski definition) is 3. The van der Waals surface area contributed by atoms with Crippen LogP contribution in [0.2, 0.25) is 0 Å². The molecule has 0 saturated heterocycles. The number of aryl methyl sites for hydroxylation is 1. The summed E-state index contributed by atoms with van der Waals surface area (Å²) in [6, 6.07) is 4.65. The topological polar surface area (TPSA) is 52.0 Å². The van der Waals surface area contributed by atoms with Crippen LogP contribution in [0.1, 0.15) is 24.7 Å². The van der Waals surface area contributed by atoms with E-state index in [2.05, 4.69) is 20.9 Å². The first-order chi connectivity index (χ1) is 9.81. The highest BCUT2D eigenvalue weighted by atomic mass is 79.9. The van der Waals surface area contributed by atoms with Crippen molar-refractivity contribution in [1.82, 2.24) is 9.55 Å². The predicted molar refractivity (Wildman–Crippen MR) is 82.5 cm³/mol. The van der Waals surface area contributed by atoms with E-state index in [1.165, 1.54) is 12.3 Å². The zero-order chi connectivity index (χ0) is 15.6. The molecule has 1 aromatic heterocycles. The third-order valence-corrected chi connectivity index (χ3v) is 4.68. The van der Waals surface area contributed by atoms with Crippen molar-refractivity contribution in [3.05, 3.63) is 46.1 Å². The van der Waals surface area contributed by atoms with E-state index in [-0.39, 0.29) is 10.8 Å². The lowest BCUT2D eigenvalue weighted by molar-refractivity contribution is 0.606. The second-order valence-corrected chi connectivity index (χ2v) is 7.93. The van der Waals surface area contributed by atoms with Gasteiger partial charge in [0, 0.05) is 29.8 Å². The lowest BCUT2D eigenvalue weighted by Gasteiger charge is -2.07. The highest BCUT2D eigenvalue weighted by Crippen LogP contribution is 2.20. The van der Waals surface area contributed by atoms with Crippen LogP contribution in [0.25, 0.3) is 0 Å². The van der Waals surface area contributed by atoms with Crippen molar-refractivity contribution >= 4 is 35.7 Å². The summed E-state index contributed by atoms with van der Waals surface area (Å²) < 4.78 is 38.1. The van der Waals surface area contributed by atoms with Gasteiger partial charge in [-0.1, -0.05) is 13.0 Å². The summed E-state index contributed by atoms with van der Waals surface area (Å²) in [5.41, 5.74) is 0.830. The Balaban J connectivity index is 2.37. The molecule has 1 aromatic carbocycles. The van der Waals surface area contributed by atoms with Crippen LogP contribution in [-0.4, -0.2) is 18.0 Å². The molecule has 0 N–H and O–H groups in total. The van der Waals surface area contributed by atoms with E-state index < -0.39 is 9.05 Å². The van der Waals surface area contributed by atoms with Gasteiger partial charge in [0.25, 0.3) is 9.05 Å². The second-order valence-electron chi connectivity index (χ2n) is 4.56. The molecule has 1 heterocycles. The zero-order valence-corrected chi connectivity index (χ0v) is 14.3. The molecule has 0 aliphatic carbocycles. The molecule has 0 bridgehead atoms. The van der Waals surface area contributed by atoms with Gasteiger partial charge in [-0.15, -0.1) is 0 Å². The zero-order valence-electron chi connectivity index (χ0n) is 11.2. The van der Waals surface area contributed by atoms with Gasteiger partial charge in [0.2, 0.25) is 0 Å². The Hall–Kier alpha value is -0.920. The van der Waals surface area contributed by atoms with Crippen LogP contribution < -0.4 is 0 Å². The molecular weight excluding hydrogens is 383 g/mol. The molecule has 21 heavy (non-hydrogen) atoms. The summed E-state index contributed by atoms with van der Waals surface area (Å²) >= 11 is 3.13. The van der Waals surface area contributed by atoms with E-state index in [0.717, 1.165) is 12.0 Å². The molecule has 0 unspecified atom stereocenters. The van der Waals surface area contributed by atoms with E-state index >= 15 is 0 Å². The minimum Gasteiger partial charge on any atom is -0.329 e. The fourth-order valence-corrected chi connectivity index (χ4v) is 3.06. The minimum atomic E-state index is -3.86. The van der Waals surface area contributed by atoms with Gasteiger partial charge in [-0.25, -0.2) is 17.8 Å². The van der Waals surface area contributed by atoms with E-state index in [0.29, 0.717) is 23.3 Å². The number of rotatable bonds is 5. The van der Waals surface area contributed by atoms with Gasteiger partial charge >= 0.3 is 0 Å². The fraction of sp³-hybridized carbons (Fsp3) is 0.308. The maximum absolute atomic E-state index is 13.2. The fourth-order valence-electron chi connectivity index (χ4n) is 1.94. The molecular formula is C13H13BrClFN2O2S. The van der Waals surface area contributed by atoms with Crippen molar-refractivity contribution in [3.8, 4) is 0 Å². The quantitative estimate of drug-likeness (QED) is 0.725. The Labute approximate surface area is 135 Å². The number of nitrogens with zero attached hydrogens (tertiary/aromatic N) is 2. The number of halogens is 3. The monoisotopic (exact) mass is 394 g/mol. The standard InChI is InChI=1S/C13H13BrClFN2O2S/c1-2-3-12-17-13(21(15,19)20)8-18(12)7-9-4-5-11(16)10(14)6-9/h4-6,8H,2-3,7H2,1H3. The minimum absolute atomic E-state index is 0.159. The lowest BCUT2D eigenvalue weighted by Crippen LogP contribution is -2.04. The van der Waals surface area contributed by atoms with Crippen LogP contribution in [0.3, 0.4) is 0 Å². The van der Waals surface area contributed by atoms with Crippen LogP contribution in [-0.2, 0) is 22.0 Å². The molecule has 0 aliphatic rings. The first-order valence-corrected chi connectivity index (χ1v) is 9.36. The highest BCUT2D eigenvalue weighted by molar-refractivity contribution is 9.10. The van der Waals surface area contributed by atoms with Gasteiger partial charge in [-0.3, -0.25) is 0 Å². The molecule has 0 amide bonds. The van der Waals surface area contributed by atoms with Crippen LogP contribution in [0.4, 0.5) is 4.39 Å². The summed E-state index contributed by atoms with van der Waals surface area (Å²) in [4.78, 5) is 4.06. The Kier molecular flexibility index (Phi) is 5.06. The van der Waals surface area contributed by atoms with Gasteiger partial charge in [-0.05, 0) is 40.0 Å². The number of hydrogen-bond donors (Lipinski definition) is 0. The van der Waals surface area contributed by atoms with Gasteiger partial charge in [0.05, 0.1) is 4.47 Å². The van der Waals surface area contributed by atoms with Crippen LogP contribution in [0.15, 0.2) is 33.9 Å². The first-order valence-electron chi connectivity index (χ1n) is 6.26. The molecule has 0 atom stereocenters. The van der Waals surface area contributed by atoms with Crippen LogP contribution >= 0.6 is 26.6 Å². The predicted octanol–water partition coefficient (Wildman–Crippen LogP) is 3.71. The third-order valence-electron chi connectivity index (χ3n) is 2.90. The first kappa shape index (κ1) is 16.5. The lowest BCUT2D eigenvalue weighted by atomic mass is 10.2. The highest BCUT2D eigenvalue weighted by Gasteiger charge is 2.17. The SMILES string of the molecule is CCCc1nc(S(=O)(=O)Cl)cn1Cc1ccc(F)c(Br)c1. The van der Waals surface area contributed by atoms with E-state index in [4.69, 9.17) is 10.7 Å². The average molecular weight is 396 g/mol. The molecule has 114 valence electrons. The van der Waals surface area contributed by atoms with Crippen molar-refractivity contribution in [2.45, 2.75) is 31.3 Å². The van der Waals surface area contributed by atoms with E-state index in [1.54, 1.807) is 16.7 Å². The molecule has 0 fully saturated rings. The molecule has 8 heteroatoms. The summed E-state index contributed by atoms with van der Waals surface area (Å²) in [7, 11) is 1.47. The molecule has 2 aromatic rings. The third kappa shape index (κ3) is 4.05. The van der Waals surface area contributed by atoms with E-state index in [1.807, 2.05) is 6.92 Å². The Morgan fingerprint density at radius 2 is 2.14 bits per heavy atom. The molecule has 0 aliphatic heterocycles. The van der Waals surface area contributed by atoms with Gasteiger partial charge < -0.3 is 4.57 Å². The van der Waals surface area contributed by atoms with Gasteiger partial charge in [-0.2, -0.15) is 0 Å². The molecule has 2 rings (SSSR count). The smallest absolute Gasteiger partial charge is 0.280 e. The molecule has 0 saturated carbocycles. The Morgan fingerprint density at radius 1 is 1.43 bits per heavy atom. The normalized spacial score (nSPS) is 11.8. The van der Waals surface area contributed by atoms with Crippen LogP contribution in [0.5, 0.6) is 0 Å². The summed E-state index contributed by atoms with van der Waals surface area (Å²) in [5.74, 6) is 0.291. The van der Waals surface area contributed by atoms with Crippen molar-refractivity contribution in [2.75, 3.05) is 0 Å². The van der Waals surface area contributed by atoms with Crippen LogP contribution in [0, 0.1) is 5.82 Å². The maximum Gasteiger partial charge on any atom is 0.280 e. The number of aromatic nitrogens is 2.